The van der Waals surface area contributed by atoms with Crippen molar-refractivity contribution >= 4 is 46.0 Å². The van der Waals surface area contributed by atoms with Crippen LogP contribution in [-0.2, 0) is 6.42 Å². The first-order valence-electron chi connectivity index (χ1n) is 12.0. The maximum absolute atomic E-state index is 6.79. The molecular weight excluding hydrogens is 476 g/mol. The Hall–Kier alpha value is -2.87. The number of imidazole rings is 2. The van der Waals surface area contributed by atoms with Crippen molar-refractivity contribution in [3.63, 3.8) is 0 Å². The molecule has 1 saturated heterocycles. The number of pyridine rings is 2. The fourth-order valence-corrected chi connectivity index (χ4v) is 7.17. The molecule has 1 spiro atoms. The molecule has 5 aromatic rings. The molecule has 2 N–H and O–H groups in total. The molecule has 0 unspecified atom stereocenters. The minimum Gasteiger partial charge on any atom is -0.355 e. The molecule has 1 fully saturated rings. The van der Waals surface area contributed by atoms with Gasteiger partial charge in [-0.2, -0.15) is 0 Å². The molecule has 2 aliphatic rings. The highest BCUT2D eigenvalue weighted by Gasteiger charge is 2.46. The van der Waals surface area contributed by atoms with Crippen molar-refractivity contribution in [2.45, 2.75) is 42.0 Å². The topological polar surface area (TPSA) is 72.3 Å². The summed E-state index contributed by atoms with van der Waals surface area (Å²) in [5, 5.41) is 0.688. The highest BCUT2D eigenvalue weighted by molar-refractivity contribution is 7.99. The number of fused-ring (bicyclic) bond motifs is 1. The van der Waals surface area contributed by atoms with Crippen molar-refractivity contribution in [1.29, 1.82) is 0 Å². The van der Waals surface area contributed by atoms with E-state index >= 15 is 0 Å². The largest absolute Gasteiger partial charge is 0.355 e. The van der Waals surface area contributed by atoms with E-state index in [1.807, 2.05) is 19.2 Å². The predicted molar refractivity (Wildman–Crippen MR) is 141 cm³/mol. The molecule has 4 aromatic heterocycles. The Morgan fingerprint density at radius 3 is 2.71 bits per heavy atom. The van der Waals surface area contributed by atoms with Gasteiger partial charge in [-0.1, -0.05) is 47.6 Å². The molecule has 0 amide bonds. The summed E-state index contributed by atoms with van der Waals surface area (Å²) in [7, 11) is 0. The second-order valence-electron chi connectivity index (χ2n) is 9.81. The Morgan fingerprint density at radius 2 is 1.89 bits per heavy atom. The standard InChI is InChI=1S/C27H25ClN6S/c1-16-23(28)20(8-11-30-16)35-21-6-7-22-32-25(19-15-31-26(21)34(19)22)33-12-9-27(10-13-33)14-17-4-2-3-5-18(17)24(27)29/h2-8,11,15,24H,9-10,12-14,29H2,1H3/t24-/m1/s1. The van der Waals surface area contributed by atoms with Gasteiger partial charge in [0.15, 0.2) is 11.5 Å². The SMILES string of the molecule is Cc1nccc(Sc2ccc3nc(N4CCC5(CC4)Cc4ccccc4[C@H]5N)c4cnc2n34)c1Cl. The summed E-state index contributed by atoms with van der Waals surface area (Å²) in [5.41, 5.74) is 13.4. The predicted octanol–water partition coefficient (Wildman–Crippen LogP) is 5.67. The number of hydrogen-bond acceptors (Lipinski definition) is 6. The van der Waals surface area contributed by atoms with Crippen LogP contribution in [0.15, 0.2) is 64.6 Å². The Kier molecular flexibility index (Phi) is 4.78. The number of rotatable bonds is 3. The van der Waals surface area contributed by atoms with Crippen molar-refractivity contribution in [2.75, 3.05) is 18.0 Å². The second kappa shape index (κ2) is 7.82. The summed E-state index contributed by atoms with van der Waals surface area (Å²) in [6, 6.07) is 14.9. The average Bonchev–Trinajstić information content (AvgIpc) is 3.55. The lowest BCUT2D eigenvalue weighted by molar-refractivity contribution is 0.187. The molecule has 0 saturated carbocycles. The van der Waals surface area contributed by atoms with E-state index in [1.54, 1.807) is 18.0 Å². The van der Waals surface area contributed by atoms with Crippen LogP contribution in [0.1, 0.15) is 35.7 Å². The summed E-state index contributed by atoms with van der Waals surface area (Å²) < 4.78 is 2.17. The lowest BCUT2D eigenvalue weighted by Crippen LogP contribution is -2.44. The number of benzene rings is 1. The summed E-state index contributed by atoms with van der Waals surface area (Å²) in [6.07, 6.45) is 6.97. The monoisotopic (exact) mass is 500 g/mol. The van der Waals surface area contributed by atoms with Crippen molar-refractivity contribution in [3.8, 4) is 0 Å². The van der Waals surface area contributed by atoms with Gasteiger partial charge in [0.2, 0.25) is 0 Å². The zero-order valence-electron chi connectivity index (χ0n) is 19.4. The van der Waals surface area contributed by atoms with E-state index in [1.165, 1.54) is 11.1 Å². The van der Waals surface area contributed by atoms with E-state index in [0.29, 0.717) is 5.02 Å². The molecule has 1 aliphatic heterocycles. The van der Waals surface area contributed by atoms with Crippen LogP contribution in [0.25, 0.3) is 16.8 Å². The number of aromatic nitrogens is 4. The first-order chi connectivity index (χ1) is 17.0. The van der Waals surface area contributed by atoms with Crippen molar-refractivity contribution < 1.29 is 0 Å². The molecule has 0 radical (unpaired) electrons. The molecular formula is C27H25ClN6S. The van der Waals surface area contributed by atoms with Crippen LogP contribution in [0, 0.1) is 12.3 Å². The number of nitrogens with two attached hydrogens (primary N) is 1. The number of aryl methyl sites for hydroxylation is 1. The zero-order valence-corrected chi connectivity index (χ0v) is 21.0. The van der Waals surface area contributed by atoms with Gasteiger partial charge in [0.1, 0.15) is 11.2 Å². The van der Waals surface area contributed by atoms with Gasteiger partial charge in [-0.05, 0) is 60.9 Å². The number of halogens is 1. The molecule has 1 atom stereocenters. The molecule has 7 rings (SSSR count). The smallest absolute Gasteiger partial charge is 0.157 e. The van der Waals surface area contributed by atoms with Crippen molar-refractivity contribution in [1.82, 2.24) is 19.4 Å². The molecule has 5 heterocycles. The van der Waals surface area contributed by atoms with E-state index < -0.39 is 0 Å². The minimum atomic E-state index is 0.119. The van der Waals surface area contributed by atoms with Gasteiger partial charge in [0, 0.05) is 30.2 Å². The third-order valence-corrected chi connectivity index (χ3v) is 9.63. The van der Waals surface area contributed by atoms with Crippen LogP contribution >= 0.6 is 23.4 Å². The van der Waals surface area contributed by atoms with Crippen LogP contribution in [0.2, 0.25) is 5.02 Å². The summed E-state index contributed by atoms with van der Waals surface area (Å²) in [5.74, 6) is 1.02. The number of anilines is 1. The number of hydrogen-bond donors (Lipinski definition) is 1. The fraction of sp³-hybridized carbons (Fsp3) is 0.296. The molecule has 1 aromatic carbocycles. The van der Waals surface area contributed by atoms with Gasteiger partial charge in [0.05, 0.1) is 21.8 Å². The lowest BCUT2D eigenvalue weighted by atomic mass is 9.73. The normalized spacial score (nSPS) is 19.3. The molecule has 35 heavy (non-hydrogen) atoms. The number of piperidine rings is 1. The van der Waals surface area contributed by atoms with E-state index in [9.17, 15) is 0 Å². The van der Waals surface area contributed by atoms with Gasteiger partial charge in [-0.15, -0.1) is 0 Å². The van der Waals surface area contributed by atoms with E-state index in [2.05, 4.69) is 50.7 Å². The van der Waals surface area contributed by atoms with E-state index in [4.69, 9.17) is 27.3 Å². The fourth-order valence-electron chi connectivity index (χ4n) is 5.97. The van der Waals surface area contributed by atoms with E-state index in [0.717, 1.165) is 70.5 Å². The first kappa shape index (κ1) is 21.4. The number of nitrogens with zero attached hydrogens (tertiary/aromatic N) is 5. The zero-order chi connectivity index (χ0) is 23.7. The molecule has 6 nitrogen and oxygen atoms in total. The molecule has 8 heteroatoms. The van der Waals surface area contributed by atoms with Crippen molar-refractivity contribution in [2.24, 2.45) is 11.1 Å². The maximum atomic E-state index is 6.79. The Labute approximate surface area is 212 Å². The summed E-state index contributed by atoms with van der Waals surface area (Å²) >= 11 is 8.13. The average molecular weight is 501 g/mol. The molecule has 1 aliphatic carbocycles. The Morgan fingerprint density at radius 1 is 1.06 bits per heavy atom. The van der Waals surface area contributed by atoms with Gasteiger partial charge < -0.3 is 10.6 Å². The van der Waals surface area contributed by atoms with Crippen LogP contribution in [0.5, 0.6) is 0 Å². The third kappa shape index (κ3) is 3.18. The first-order valence-corrected chi connectivity index (χ1v) is 13.2. The quantitative estimate of drug-likeness (QED) is 0.344. The van der Waals surface area contributed by atoms with E-state index in [-0.39, 0.29) is 11.5 Å². The maximum Gasteiger partial charge on any atom is 0.157 e. The Balaban J connectivity index is 1.18. The van der Waals surface area contributed by atoms with Crippen LogP contribution in [0.4, 0.5) is 5.82 Å². The van der Waals surface area contributed by atoms with Gasteiger partial charge in [-0.25, -0.2) is 9.97 Å². The van der Waals surface area contributed by atoms with Gasteiger partial charge in [-0.3, -0.25) is 9.38 Å². The Bertz CT molecular complexity index is 1570. The summed E-state index contributed by atoms with van der Waals surface area (Å²) in [6.45, 7) is 3.83. The molecule has 176 valence electrons. The van der Waals surface area contributed by atoms with Gasteiger partial charge >= 0.3 is 0 Å². The molecule has 0 bridgehead atoms. The third-order valence-electron chi connectivity index (χ3n) is 7.94. The second-order valence-corrected chi connectivity index (χ2v) is 11.3. The highest BCUT2D eigenvalue weighted by Crippen LogP contribution is 2.51. The minimum absolute atomic E-state index is 0.119. The summed E-state index contributed by atoms with van der Waals surface area (Å²) in [4.78, 5) is 18.5. The van der Waals surface area contributed by atoms with Gasteiger partial charge in [0.25, 0.3) is 0 Å². The van der Waals surface area contributed by atoms with Crippen molar-refractivity contribution in [3.05, 3.63) is 76.7 Å². The van der Waals surface area contributed by atoms with Crippen LogP contribution in [-0.4, -0.2) is 32.4 Å². The lowest BCUT2D eigenvalue weighted by Gasteiger charge is -2.42. The van der Waals surface area contributed by atoms with Crippen LogP contribution < -0.4 is 10.6 Å². The highest BCUT2D eigenvalue weighted by atomic mass is 35.5. The van der Waals surface area contributed by atoms with Crippen LogP contribution in [0.3, 0.4) is 0 Å².